The Balaban J connectivity index is 1.20. The quantitative estimate of drug-likeness (QED) is 0.128. The molecule has 2 fully saturated rings. The maximum atomic E-state index is 16.6. The summed E-state index contributed by atoms with van der Waals surface area (Å²) in [6, 6.07) is 5.39. The molecule has 2 aliphatic rings. The number of benzene rings is 1. The van der Waals surface area contributed by atoms with Gasteiger partial charge < -0.3 is 31.9 Å². The normalized spacial score (nSPS) is 21.5. The minimum absolute atomic E-state index is 0.0172. The zero-order valence-electron chi connectivity index (χ0n) is 33.9. The predicted octanol–water partition coefficient (Wildman–Crippen LogP) is 5.30. The van der Waals surface area contributed by atoms with Crippen molar-refractivity contribution in [1.82, 2.24) is 29.7 Å². The minimum Gasteiger partial charge on any atom is -0.383 e. The number of nitrogens with one attached hydrogen (secondary N) is 2. The number of nitrogen functional groups attached to an aromatic ring is 2. The van der Waals surface area contributed by atoms with Crippen LogP contribution in [0.1, 0.15) is 60.3 Å². The number of aromatic nitrogens is 4. The van der Waals surface area contributed by atoms with Crippen molar-refractivity contribution in [3.8, 4) is 0 Å². The molecule has 20 heteroatoms. The molecule has 14 nitrogen and oxygen atoms in total. The number of thiazole rings is 2. The van der Waals surface area contributed by atoms with Gasteiger partial charge in [-0.15, -0.1) is 22.7 Å². The van der Waals surface area contributed by atoms with Crippen molar-refractivity contribution in [2.75, 3.05) is 35.2 Å². The molecule has 6 N–H and O–H groups in total. The lowest BCUT2D eigenvalue weighted by Gasteiger charge is -2.43. The Labute approximate surface area is 360 Å². The van der Waals surface area contributed by atoms with E-state index in [1.54, 1.807) is 50.6 Å². The average Bonchev–Trinajstić information content (AvgIpc) is 3.87. The zero-order valence-corrected chi connectivity index (χ0v) is 35.6. The van der Waals surface area contributed by atoms with Crippen LogP contribution in [0.15, 0.2) is 60.4 Å². The molecule has 2 aliphatic heterocycles. The number of halogens is 4. The number of nitrogens with zero attached hydrogens (tertiary/aromatic N) is 6. The third kappa shape index (κ3) is 8.74. The highest BCUT2D eigenvalue weighted by Gasteiger charge is 2.53. The SMILES string of the molecule is C=C(/C=c1/nc([C@H]2CN(C(=O)C(=O)Nc3cnc(N)c(C)c3)[C@H](c3ccc4scnc4c3)CC2(F)F)s/c1=C/C)[C@@H]1CC(F)(F)[C@@H](C)CN1C(=O)C(=O)Nc1cnc(N)c(C)c1. The fourth-order valence-corrected chi connectivity index (χ4v) is 9.29. The molecule has 4 amide bonds. The second-order valence-corrected chi connectivity index (χ2v) is 17.4. The lowest BCUT2D eigenvalue weighted by molar-refractivity contribution is -0.156. The standard InChI is InChI=1S/C42H42F4N10O4S2/c1-6-32-29(11-20(2)30-13-41(43,44)23(5)17-55(30)39(59)36(57)52-25-9-21(3)34(47)49-15-25)54-38(62-32)27-18-56(40(60)37(58)53-26-10-22(4)35(48)50-16-26)31(14-42(27,45)46)24-7-8-33-28(12-24)51-19-61-33/h6-12,15-16,19,23,27,30-31H,2,13-14,17-18H2,1,3-5H3,(H2,47,49)(H2,48,50)(H,52,57)(H,53,58)/b29-11+,32-6+/t23-,27+,30-,31-/m0/s1. The summed E-state index contributed by atoms with van der Waals surface area (Å²) in [4.78, 5) is 73.4. The summed E-state index contributed by atoms with van der Waals surface area (Å²) in [5.74, 6) is -13.6. The second kappa shape index (κ2) is 16.9. The Morgan fingerprint density at radius 1 is 0.871 bits per heavy atom. The van der Waals surface area contributed by atoms with Gasteiger partial charge in [-0.2, -0.15) is 0 Å². The monoisotopic (exact) mass is 890 g/mol. The highest BCUT2D eigenvalue weighted by molar-refractivity contribution is 7.16. The zero-order chi connectivity index (χ0) is 44.8. The lowest BCUT2D eigenvalue weighted by atomic mass is 9.85. The van der Waals surface area contributed by atoms with E-state index in [1.807, 2.05) is 0 Å². The van der Waals surface area contributed by atoms with Crippen molar-refractivity contribution >= 4 is 91.7 Å². The van der Waals surface area contributed by atoms with Gasteiger partial charge in [-0.1, -0.05) is 25.6 Å². The topological polar surface area (TPSA) is 202 Å². The number of hydrogen-bond donors (Lipinski definition) is 4. The highest BCUT2D eigenvalue weighted by atomic mass is 32.1. The number of hydrogen-bond acceptors (Lipinski definition) is 12. The van der Waals surface area contributed by atoms with E-state index in [-0.39, 0.29) is 38.9 Å². The van der Waals surface area contributed by atoms with Crippen LogP contribution >= 0.6 is 22.7 Å². The van der Waals surface area contributed by atoms with Gasteiger partial charge in [0.1, 0.15) is 16.6 Å². The fourth-order valence-electron chi connectivity index (χ4n) is 7.54. The van der Waals surface area contributed by atoms with Crippen LogP contribution in [-0.4, -0.2) is 84.3 Å². The van der Waals surface area contributed by atoms with Crippen molar-refractivity contribution in [1.29, 1.82) is 0 Å². The van der Waals surface area contributed by atoms with Gasteiger partial charge in [0.05, 0.1) is 67.4 Å². The number of carbonyl (C=O) groups is 4. The number of rotatable bonds is 6. The minimum atomic E-state index is -3.47. The maximum Gasteiger partial charge on any atom is 0.313 e. The molecule has 324 valence electrons. The third-order valence-corrected chi connectivity index (χ3v) is 13.2. The van der Waals surface area contributed by atoms with Gasteiger partial charge in [0.15, 0.2) is 0 Å². The number of anilines is 4. The first kappa shape index (κ1) is 43.8. The van der Waals surface area contributed by atoms with E-state index in [1.165, 1.54) is 48.9 Å². The third-order valence-electron chi connectivity index (χ3n) is 11.2. The number of carbonyl (C=O) groups excluding carboxylic acids is 4. The average molecular weight is 891 g/mol. The van der Waals surface area contributed by atoms with Crippen molar-refractivity contribution in [2.45, 2.75) is 70.4 Å². The van der Waals surface area contributed by atoms with Crippen LogP contribution in [0.2, 0.25) is 0 Å². The molecule has 6 heterocycles. The van der Waals surface area contributed by atoms with Crippen molar-refractivity contribution in [2.24, 2.45) is 5.92 Å². The van der Waals surface area contributed by atoms with E-state index < -0.39 is 85.3 Å². The summed E-state index contributed by atoms with van der Waals surface area (Å²) in [6.07, 6.45) is 3.73. The molecule has 7 rings (SSSR count). The largest absolute Gasteiger partial charge is 0.383 e. The number of pyridine rings is 2. The number of nitrogens with two attached hydrogens (primary N) is 2. The number of amides is 4. The van der Waals surface area contributed by atoms with E-state index in [0.717, 1.165) is 25.8 Å². The number of alkyl halides is 4. The molecule has 0 saturated carbocycles. The summed E-state index contributed by atoms with van der Waals surface area (Å²) in [5, 5.41) is 4.97. The molecule has 0 unspecified atom stereocenters. The molecule has 0 bridgehead atoms. The van der Waals surface area contributed by atoms with Crippen molar-refractivity contribution in [3.05, 3.63) is 92.0 Å². The lowest BCUT2D eigenvalue weighted by Crippen LogP contribution is -2.56. The van der Waals surface area contributed by atoms with Crippen LogP contribution in [0.3, 0.4) is 0 Å². The molecular formula is C42H42F4N10O4S2. The second-order valence-electron chi connectivity index (χ2n) is 15.5. The summed E-state index contributed by atoms with van der Waals surface area (Å²) < 4.78 is 65.1. The van der Waals surface area contributed by atoms with Gasteiger partial charge in [0.25, 0.3) is 11.8 Å². The first-order valence-electron chi connectivity index (χ1n) is 19.4. The van der Waals surface area contributed by atoms with Gasteiger partial charge in [-0.25, -0.2) is 37.5 Å². The van der Waals surface area contributed by atoms with E-state index in [2.05, 4.69) is 37.1 Å². The molecule has 62 heavy (non-hydrogen) atoms. The molecule has 5 aromatic rings. The number of aryl methyl sites for hydroxylation is 2. The van der Waals surface area contributed by atoms with Crippen LogP contribution in [0.4, 0.5) is 40.6 Å². The van der Waals surface area contributed by atoms with Crippen molar-refractivity contribution < 1.29 is 36.7 Å². The van der Waals surface area contributed by atoms with Crippen LogP contribution in [-0.2, 0) is 19.2 Å². The number of likely N-dealkylation sites (tertiary alicyclic amines) is 2. The molecule has 4 atom stereocenters. The Morgan fingerprint density at radius 2 is 1.48 bits per heavy atom. The summed E-state index contributed by atoms with van der Waals surface area (Å²) in [6.45, 7) is 9.12. The predicted molar refractivity (Wildman–Crippen MR) is 230 cm³/mol. The highest BCUT2D eigenvalue weighted by Crippen LogP contribution is 2.48. The molecule has 4 aromatic heterocycles. The van der Waals surface area contributed by atoms with Gasteiger partial charge in [-0.05, 0) is 73.4 Å². The molecule has 0 radical (unpaired) electrons. The Hall–Kier alpha value is -6.28. The summed E-state index contributed by atoms with van der Waals surface area (Å²) >= 11 is 2.27. The maximum absolute atomic E-state index is 16.6. The van der Waals surface area contributed by atoms with E-state index in [0.29, 0.717) is 26.7 Å². The van der Waals surface area contributed by atoms with Crippen LogP contribution in [0, 0.1) is 19.8 Å². The smallest absolute Gasteiger partial charge is 0.313 e. The van der Waals surface area contributed by atoms with Crippen LogP contribution < -0.4 is 32.0 Å². The van der Waals surface area contributed by atoms with Gasteiger partial charge in [0, 0.05) is 31.8 Å². The first-order valence-corrected chi connectivity index (χ1v) is 21.1. The first-order chi connectivity index (χ1) is 29.3. The van der Waals surface area contributed by atoms with Crippen molar-refractivity contribution in [3.63, 3.8) is 0 Å². The molecule has 2 saturated heterocycles. The fraction of sp³-hybridized carbons (Fsp3) is 0.333. The Morgan fingerprint density at radius 3 is 2.08 bits per heavy atom. The van der Waals surface area contributed by atoms with Gasteiger partial charge >= 0.3 is 23.6 Å². The number of piperidine rings is 2. The number of fused-ring (bicyclic) bond motifs is 1. The molecule has 1 aromatic carbocycles. The van der Waals surface area contributed by atoms with E-state index in [9.17, 15) is 19.2 Å². The molecule has 0 aliphatic carbocycles. The molecular weight excluding hydrogens is 849 g/mol. The van der Waals surface area contributed by atoms with Crippen LogP contribution in [0.25, 0.3) is 22.4 Å². The van der Waals surface area contributed by atoms with E-state index >= 15 is 17.6 Å². The van der Waals surface area contributed by atoms with E-state index in [4.69, 9.17) is 11.5 Å². The molecule has 0 spiro atoms. The Bertz CT molecular complexity index is 2760. The van der Waals surface area contributed by atoms with Crippen LogP contribution in [0.5, 0.6) is 0 Å². The van der Waals surface area contributed by atoms with Gasteiger partial charge in [0.2, 0.25) is 0 Å². The summed E-state index contributed by atoms with van der Waals surface area (Å²) in [5.41, 5.74) is 15.5. The Kier molecular flexibility index (Phi) is 11.9. The summed E-state index contributed by atoms with van der Waals surface area (Å²) in [7, 11) is 0. The van der Waals surface area contributed by atoms with Gasteiger partial charge in [-0.3, -0.25) is 19.2 Å².